The molecule has 2 N–H and O–H groups in total. The van der Waals surface area contributed by atoms with Crippen molar-refractivity contribution in [2.24, 2.45) is 5.41 Å². The summed E-state index contributed by atoms with van der Waals surface area (Å²) in [6.07, 6.45) is 9.70. The number of aliphatic carboxylic acids is 1. The van der Waals surface area contributed by atoms with E-state index in [0.29, 0.717) is 31.0 Å². The highest BCUT2D eigenvalue weighted by Crippen LogP contribution is 2.31. The number of anilines is 1. The van der Waals surface area contributed by atoms with Gasteiger partial charge in [0.2, 0.25) is 11.8 Å². The van der Waals surface area contributed by atoms with Gasteiger partial charge in [-0.1, -0.05) is 63.6 Å². The number of aryl methyl sites for hydroxylation is 1. The first-order valence-electron chi connectivity index (χ1n) is 15.0. The van der Waals surface area contributed by atoms with Crippen LogP contribution in [0.2, 0.25) is 0 Å². The highest BCUT2D eigenvalue weighted by atomic mass is 16.5. The lowest BCUT2D eigenvalue weighted by Gasteiger charge is -2.25. The van der Waals surface area contributed by atoms with Crippen molar-refractivity contribution in [3.05, 3.63) is 83.6 Å². The van der Waals surface area contributed by atoms with E-state index < -0.39 is 11.4 Å². The predicted molar refractivity (Wildman–Crippen MR) is 169 cm³/mol. The molecule has 1 aromatic heterocycles. The molecular weight excluding hydrogens is 528 g/mol. The van der Waals surface area contributed by atoms with Gasteiger partial charge in [0.15, 0.2) is 0 Å². The molecule has 0 aliphatic heterocycles. The van der Waals surface area contributed by atoms with Crippen molar-refractivity contribution in [1.29, 1.82) is 0 Å². The molecule has 224 valence electrons. The van der Waals surface area contributed by atoms with Gasteiger partial charge in [0.05, 0.1) is 24.3 Å². The molecule has 0 unspecified atom stereocenters. The largest absolute Gasteiger partial charge is 0.494 e. The quantitative estimate of drug-likeness (QED) is 0.150. The maximum Gasteiger partial charge on any atom is 0.310 e. The van der Waals surface area contributed by atoms with Gasteiger partial charge in [0.25, 0.3) is 0 Å². The molecule has 3 aromatic rings. The summed E-state index contributed by atoms with van der Waals surface area (Å²) >= 11 is 0. The van der Waals surface area contributed by atoms with Crippen molar-refractivity contribution >= 4 is 29.7 Å². The molecule has 7 heteroatoms. The molecule has 0 atom stereocenters. The minimum absolute atomic E-state index is 0.0617. The minimum atomic E-state index is -1.05. The number of benzene rings is 2. The number of carbonyl (C=O) groups excluding carboxylic acids is 1. The number of hydrogen-bond donors (Lipinski definition) is 2. The lowest BCUT2D eigenvalue weighted by molar-refractivity contribution is -0.151. The Hall–Kier alpha value is -4.13. The van der Waals surface area contributed by atoms with Crippen molar-refractivity contribution in [3.63, 3.8) is 0 Å². The standard InChI is InChI=1S/C35H44N2O5/c1-4-7-23-41-31-21-18-27(19-22-31)12-8-9-24-42-33-16-11-14-29(37-33)20-17-28-13-10-15-30(25-28)36-32(38)26-35(5-2,6-3)34(39)40/h10-11,13-22,25H,4-9,12,23-24,26H2,1-3H3,(H,36,38)(H,39,40)/b20-17+. The molecule has 0 aliphatic carbocycles. The Bertz CT molecular complexity index is 1300. The van der Waals surface area contributed by atoms with Gasteiger partial charge < -0.3 is 19.9 Å². The number of rotatable bonds is 18. The number of carbonyl (C=O) groups is 2. The van der Waals surface area contributed by atoms with Gasteiger partial charge in [-0.2, -0.15) is 0 Å². The number of unbranched alkanes of at least 4 members (excludes halogenated alkanes) is 2. The van der Waals surface area contributed by atoms with Crippen molar-refractivity contribution in [2.45, 2.75) is 72.1 Å². The molecule has 1 amide bonds. The Labute approximate surface area is 250 Å². The third kappa shape index (κ3) is 10.4. The minimum Gasteiger partial charge on any atom is -0.494 e. The second-order valence-electron chi connectivity index (χ2n) is 10.5. The van der Waals surface area contributed by atoms with Crippen LogP contribution < -0.4 is 14.8 Å². The summed E-state index contributed by atoms with van der Waals surface area (Å²) in [7, 11) is 0. The van der Waals surface area contributed by atoms with E-state index in [9.17, 15) is 14.7 Å². The van der Waals surface area contributed by atoms with Crippen molar-refractivity contribution in [3.8, 4) is 11.6 Å². The summed E-state index contributed by atoms with van der Waals surface area (Å²) in [5.74, 6) is 0.269. The molecule has 0 bridgehead atoms. The number of aromatic nitrogens is 1. The molecule has 3 rings (SSSR count). The highest BCUT2D eigenvalue weighted by Gasteiger charge is 2.37. The zero-order valence-corrected chi connectivity index (χ0v) is 25.1. The van der Waals surface area contributed by atoms with E-state index in [1.54, 1.807) is 19.9 Å². The fraction of sp³-hybridized carbons (Fsp3) is 0.400. The van der Waals surface area contributed by atoms with E-state index in [1.165, 1.54) is 5.56 Å². The molecular formula is C35H44N2O5. The monoisotopic (exact) mass is 572 g/mol. The second kappa shape index (κ2) is 17.0. The number of carboxylic acid groups (broad SMARTS) is 1. The van der Waals surface area contributed by atoms with Crippen LogP contribution >= 0.6 is 0 Å². The lowest BCUT2D eigenvalue weighted by Crippen LogP contribution is -2.34. The SMILES string of the molecule is CCCCOc1ccc(CCCCOc2cccc(/C=C/c3cccc(NC(=O)CC(CC)(CC)C(=O)O)c3)n2)cc1. The van der Waals surface area contributed by atoms with E-state index in [1.807, 2.05) is 60.7 Å². The molecule has 7 nitrogen and oxygen atoms in total. The Morgan fingerprint density at radius 2 is 1.62 bits per heavy atom. The van der Waals surface area contributed by atoms with Crippen LogP contribution in [0.3, 0.4) is 0 Å². The van der Waals surface area contributed by atoms with E-state index in [-0.39, 0.29) is 12.3 Å². The summed E-state index contributed by atoms with van der Waals surface area (Å²) in [6, 6.07) is 21.4. The van der Waals surface area contributed by atoms with E-state index in [2.05, 4.69) is 29.4 Å². The number of amides is 1. The average Bonchev–Trinajstić information content (AvgIpc) is 3.00. The van der Waals surface area contributed by atoms with Gasteiger partial charge in [-0.25, -0.2) is 4.98 Å². The molecule has 0 saturated carbocycles. The smallest absolute Gasteiger partial charge is 0.310 e. The Kier molecular flexibility index (Phi) is 13.1. The topological polar surface area (TPSA) is 97.8 Å². The summed E-state index contributed by atoms with van der Waals surface area (Å²) in [5, 5.41) is 12.5. The number of nitrogens with one attached hydrogen (secondary N) is 1. The first-order chi connectivity index (χ1) is 20.4. The van der Waals surface area contributed by atoms with Crippen molar-refractivity contribution < 1.29 is 24.2 Å². The zero-order chi connectivity index (χ0) is 30.2. The van der Waals surface area contributed by atoms with Gasteiger partial charge in [0.1, 0.15) is 5.75 Å². The van der Waals surface area contributed by atoms with E-state index >= 15 is 0 Å². The third-order valence-corrected chi connectivity index (χ3v) is 7.47. The fourth-order valence-electron chi connectivity index (χ4n) is 4.59. The van der Waals surface area contributed by atoms with Crippen LogP contribution in [-0.2, 0) is 16.0 Å². The summed E-state index contributed by atoms with van der Waals surface area (Å²) in [6.45, 7) is 7.12. The van der Waals surface area contributed by atoms with E-state index in [4.69, 9.17) is 9.47 Å². The predicted octanol–water partition coefficient (Wildman–Crippen LogP) is 8.05. The molecule has 0 fully saturated rings. The van der Waals surface area contributed by atoms with Crippen LogP contribution in [0.15, 0.2) is 66.7 Å². The average molecular weight is 573 g/mol. The van der Waals surface area contributed by atoms with Crippen LogP contribution in [0, 0.1) is 5.41 Å². The van der Waals surface area contributed by atoms with E-state index in [0.717, 1.165) is 55.7 Å². The van der Waals surface area contributed by atoms with Crippen molar-refractivity contribution in [2.75, 3.05) is 18.5 Å². The fourth-order valence-corrected chi connectivity index (χ4v) is 4.59. The number of pyridine rings is 1. The first-order valence-corrected chi connectivity index (χ1v) is 15.0. The maximum absolute atomic E-state index is 12.6. The Balaban J connectivity index is 1.45. The number of ether oxygens (including phenoxy) is 2. The van der Waals surface area contributed by atoms with Gasteiger partial charge in [-0.05, 0) is 86.1 Å². The summed E-state index contributed by atoms with van der Waals surface area (Å²) < 4.78 is 11.6. The molecule has 0 saturated heterocycles. The molecule has 0 aliphatic rings. The van der Waals surface area contributed by atoms with Gasteiger partial charge in [-0.3, -0.25) is 9.59 Å². The molecule has 1 heterocycles. The van der Waals surface area contributed by atoms with Crippen LogP contribution in [0.5, 0.6) is 11.6 Å². The normalized spacial score (nSPS) is 11.4. The second-order valence-corrected chi connectivity index (χ2v) is 10.5. The number of hydrogen-bond acceptors (Lipinski definition) is 5. The van der Waals surface area contributed by atoms with Crippen LogP contribution in [0.25, 0.3) is 12.2 Å². The Morgan fingerprint density at radius 1 is 0.881 bits per heavy atom. The summed E-state index contributed by atoms with van der Waals surface area (Å²) in [4.78, 5) is 28.9. The molecule has 2 aromatic carbocycles. The van der Waals surface area contributed by atoms with Crippen LogP contribution in [0.4, 0.5) is 5.69 Å². The van der Waals surface area contributed by atoms with Gasteiger partial charge in [0, 0.05) is 18.2 Å². The third-order valence-electron chi connectivity index (χ3n) is 7.47. The summed E-state index contributed by atoms with van der Waals surface area (Å²) in [5.41, 5.74) is 2.52. The Morgan fingerprint density at radius 3 is 2.33 bits per heavy atom. The number of nitrogens with zero attached hydrogens (tertiary/aromatic N) is 1. The molecule has 0 spiro atoms. The van der Waals surface area contributed by atoms with Gasteiger partial charge >= 0.3 is 5.97 Å². The van der Waals surface area contributed by atoms with Crippen molar-refractivity contribution in [1.82, 2.24) is 4.98 Å². The van der Waals surface area contributed by atoms with Gasteiger partial charge in [-0.15, -0.1) is 0 Å². The lowest BCUT2D eigenvalue weighted by atomic mass is 9.79. The first kappa shape index (κ1) is 32.4. The maximum atomic E-state index is 12.6. The number of carboxylic acids is 1. The molecule has 0 radical (unpaired) electrons. The zero-order valence-electron chi connectivity index (χ0n) is 25.1. The van der Waals surface area contributed by atoms with Crippen LogP contribution in [-0.4, -0.2) is 35.2 Å². The molecule has 42 heavy (non-hydrogen) atoms. The van der Waals surface area contributed by atoms with Crippen LogP contribution in [0.1, 0.15) is 82.5 Å². The highest BCUT2D eigenvalue weighted by molar-refractivity contribution is 5.94.